The molecule has 0 aliphatic heterocycles. The van der Waals surface area contributed by atoms with Gasteiger partial charge in [-0.05, 0) is 34.1 Å². The van der Waals surface area contributed by atoms with Crippen molar-refractivity contribution in [1.29, 1.82) is 0 Å². The number of aromatic nitrogens is 1. The molecule has 1 aromatic heterocycles. The third-order valence-corrected chi connectivity index (χ3v) is 4.95. The van der Waals surface area contributed by atoms with Crippen molar-refractivity contribution >= 4 is 48.4 Å². The second kappa shape index (κ2) is 5.27. The molecule has 0 aliphatic carbocycles. The zero-order valence-corrected chi connectivity index (χ0v) is 12.4. The van der Waals surface area contributed by atoms with E-state index in [0.717, 1.165) is 17.4 Å². The Kier molecular flexibility index (Phi) is 3.88. The van der Waals surface area contributed by atoms with E-state index in [0.29, 0.717) is 3.79 Å². The van der Waals surface area contributed by atoms with Crippen molar-refractivity contribution in [2.45, 2.75) is 4.90 Å². The Morgan fingerprint density at radius 2 is 2.16 bits per heavy atom. The van der Waals surface area contributed by atoms with Gasteiger partial charge in [0.2, 0.25) is 0 Å². The highest BCUT2D eigenvalue weighted by molar-refractivity contribution is 9.11. The maximum absolute atomic E-state index is 12.0. The Bertz CT molecular complexity index is 727. The maximum Gasteiger partial charge on any atom is 0.335 e. The molecule has 2 rings (SSSR count). The summed E-state index contributed by atoms with van der Waals surface area (Å²) in [6.07, 6.45) is 1.47. The zero-order valence-electron chi connectivity index (χ0n) is 9.20. The molecule has 2 N–H and O–H groups in total. The first kappa shape index (κ1) is 14.0. The minimum absolute atomic E-state index is 0.0943. The Labute approximate surface area is 121 Å². The van der Waals surface area contributed by atoms with Crippen molar-refractivity contribution in [3.05, 3.63) is 39.8 Å². The SMILES string of the molecule is O=C(O)c1cccc(S(=O)(=O)Nc2ncc(Br)s2)c1. The summed E-state index contributed by atoms with van der Waals surface area (Å²) in [5, 5.41) is 9.04. The fourth-order valence-electron chi connectivity index (χ4n) is 1.27. The first-order chi connectivity index (χ1) is 8.88. The molecule has 0 saturated carbocycles. The Hall–Kier alpha value is -1.45. The lowest BCUT2D eigenvalue weighted by molar-refractivity contribution is 0.0696. The first-order valence-electron chi connectivity index (χ1n) is 4.86. The van der Waals surface area contributed by atoms with Gasteiger partial charge in [-0.3, -0.25) is 4.72 Å². The molecule has 0 unspecified atom stereocenters. The van der Waals surface area contributed by atoms with Gasteiger partial charge < -0.3 is 5.11 Å². The number of nitrogens with zero attached hydrogens (tertiary/aromatic N) is 1. The number of sulfonamides is 1. The van der Waals surface area contributed by atoms with Crippen LogP contribution in [0.3, 0.4) is 0 Å². The molecular weight excluding hydrogens is 356 g/mol. The number of halogens is 1. The summed E-state index contributed by atoms with van der Waals surface area (Å²) >= 11 is 4.29. The van der Waals surface area contributed by atoms with E-state index in [4.69, 9.17) is 5.11 Å². The number of rotatable bonds is 4. The van der Waals surface area contributed by atoms with Gasteiger partial charge in [0.1, 0.15) is 0 Å². The standard InChI is InChI=1S/C10H7BrN2O4S2/c11-8-5-12-10(18-8)13-19(16,17)7-3-1-2-6(4-7)9(14)15/h1-5H,(H,12,13)(H,14,15). The summed E-state index contributed by atoms with van der Waals surface area (Å²) in [4.78, 5) is 14.5. The first-order valence-corrected chi connectivity index (χ1v) is 7.95. The minimum atomic E-state index is -3.84. The smallest absolute Gasteiger partial charge is 0.335 e. The van der Waals surface area contributed by atoms with Crippen molar-refractivity contribution < 1.29 is 18.3 Å². The highest BCUT2D eigenvalue weighted by Gasteiger charge is 2.17. The normalized spacial score (nSPS) is 11.2. The van der Waals surface area contributed by atoms with Gasteiger partial charge in [0, 0.05) is 0 Å². The van der Waals surface area contributed by atoms with Gasteiger partial charge in [-0.25, -0.2) is 18.2 Å². The third-order valence-electron chi connectivity index (χ3n) is 2.09. The van der Waals surface area contributed by atoms with Gasteiger partial charge in [0.05, 0.1) is 20.4 Å². The van der Waals surface area contributed by atoms with E-state index in [1.165, 1.54) is 24.4 Å². The maximum atomic E-state index is 12.0. The summed E-state index contributed by atoms with van der Waals surface area (Å²) in [5.41, 5.74) is -0.0943. The molecule has 0 spiro atoms. The molecule has 19 heavy (non-hydrogen) atoms. The largest absolute Gasteiger partial charge is 0.478 e. The minimum Gasteiger partial charge on any atom is -0.478 e. The highest BCUT2D eigenvalue weighted by Crippen LogP contribution is 2.25. The summed E-state index contributed by atoms with van der Waals surface area (Å²) in [6, 6.07) is 5.10. The average molecular weight is 363 g/mol. The Morgan fingerprint density at radius 1 is 1.42 bits per heavy atom. The predicted molar refractivity (Wildman–Crippen MR) is 74.0 cm³/mol. The van der Waals surface area contributed by atoms with Crippen LogP contribution in [0.5, 0.6) is 0 Å². The molecule has 1 heterocycles. The van der Waals surface area contributed by atoms with Crippen LogP contribution in [-0.2, 0) is 10.0 Å². The summed E-state index contributed by atoms with van der Waals surface area (Å²) in [7, 11) is -3.84. The lowest BCUT2D eigenvalue weighted by Crippen LogP contribution is -2.13. The fourth-order valence-corrected chi connectivity index (χ4v) is 3.67. The van der Waals surface area contributed by atoms with Crippen LogP contribution in [0.15, 0.2) is 39.1 Å². The van der Waals surface area contributed by atoms with Gasteiger partial charge in [-0.2, -0.15) is 0 Å². The molecule has 9 heteroatoms. The van der Waals surface area contributed by atoms with E-state index in [2.05, 4.69) is 25.6 Å². The number of nitrogens with one attached hydrogen (secondary N) is 1. The molecular formula is C10H7BrN2O4S2. The number of anilines is 1. The number of hydrogen-bond donors (Lipinski definition) is 2. The second-order valence-electron chi connectivity index (χ2n) is 3.41. The van der Waals surface area contributed by atoms with Crippen molar-refractivity contribution in [2.24, 2.45) is 0 Å². The van der Waals surface area contributed by atoms with E-state index >= 15 is 0 Å². The van der Waals surface area contributed by atoms with Crippen molar-refractivity contribution in [3.63, 3.8) is 0 Å². The summed E-state index contributed by atoms with van der Waals surface area (Å²) < 4.78 is 27.0. The van der Waals surface area contributed by atoms with Crippen LogP contribution in [0.25, 0.3) is 0 Å². The van der Waals surface area contributed by atoms with Crippen molar-refractivity contribution in [2.75, 3.05) is 4.72 Å². The monoisotopic (exact) mass is 362 g/mol. The van der Waals surface area contributed by atoms with Crippen LogP contribution in [-0.4, -0.2) is 24.5 Å². The molecule has 1 aromatic carbocycles. The van der Waals surface area contributed by atoms with Crippen molar-refractivity contribution in [1.82, 2.24) is 4.98 Å². The van der Waals surface area contributed by atoms with Crippen LogP contribution in [0.1, 0.15) is 10.4 Å². The molecule has 6 nitrogen and oxygen atoms in total. The molecule has 0 radical (unpaired) electrons. The number of carboxylic acid groups (broad SMARTS) is 1. The van der Waals surface area contributed by atoms with Crippen LogP contribution in [0, 0.1) is 0 Å². The summed E-state index contributed by atoms with van der Waals surface area (Å²) in [6.45, 7) is 0. The van der Waals surface area contributed by atoms with E-state index in [1.54, 1.807) is 0 Å². The van der Waals surface area contributed by atoms with Crippen LogP contribution in [0.2, 0.25) is 0 Å². The molecule has 0 atom stereocenters. The van der Waals surface area contributed by atoms with Gasteiger partial charge in [-0.15, -0.1) is 0 Å². The number of aromatic carboxylic acids is 1. The zero-order chi connectivity index (χ0) is 14.0. The fraction of sp³-hybridized carbons (Fsp3) is 0. The van der Waals surface area contributed by atoms with Crippen LogP contribution < -0.4 is 4.72 Å². The number of carboxylic acids is 1. The molecule has 0 fully saturated rings. The number of hydrogen-bond acceptors (Lipinski definition) is 5. The molecule has 0 bridgehead atoms. The molecule has 100 valence electrons. The highest BCUT2D eigenvalue weighted by atomic mass is 79.9. The quantitative estimate of drug-likeness (QED) is 0.870. The molecule has 0 saturated heterocycles. The second-order valence-corrected chi connectivity index (χ2v) is 7.50. The average Bonchev–Trinajstić information content (AvgIpc) is 2.74. The lowest BCUT2D eigenvalue weighted by atomic mass is 10.2. The number of thiazole rings is 1. The molecule has 2 aromatic rings. The van der Waals surface area contributed by atoms with Gasteiger partial charge in [0.15, 0.2) is 5.13 Å². The van der Waals surface area contributed by atoms with Gasteiger partial charge in [0.25, 0.3) is 10.0 Å². The van der Waals surface area contributed by atoms with Gasteiger partial charge in [-0.1, -0.05) is 17.4 Å². The van der Waals surface area contributed by atoms with Crippen LogP contribution in [0.4, 0.5) is 5.13 Å². The van der Waals surface area contributed by atoms with Crippen LogP contribution >= 0.6 is 27.3 Å². The van der Waals surface area contributed by atoms with E-state index in [-0.39, 0.29) is 15.6 Å². The van der Waals surface area contributed by atoms with E-state index in [1.807, 2.05) is 0 Å². The van der Waals surface area contributed by atoms with E-state index < -0.39 is 16.0 Å². The van der Waals surface area contributed by atoms with Gasteiger partial charge >= 0.3 is 5.97 Å². The third kappa shape index (κ3) is 3.31. The molecule has 0 amide bonds. The topological polar surface area (TPSA) is 96.4 Å². The number of carbonyl (C=O) groups is 1. The Morgan fingerprint density at radius 3 is 2.74 bits per heavy atom. The Balaban J connectivity index is 2.34. The van der Waals surface area contributed by atoms with E-state index in [9.17, 15) is 13.2 Å². The predicted octanol–water partition coefficient (Wildman–Crippen LogP) is 2.40. The number of benzene rings is 1. The van der Waals surface area contributed by atoms with Crippen molar-refractivity contribution in [3.8, 4) is 0 Å². The lowest BCUT2D eigenvalue weighted by Gasteiger charge is -2.05. The molecule has 0 aliphatic rings. The summed E-state index contributed by atoms with van der Waals surface area (Å²) in [5.74, 6) is -1.19.